The van der Waals surface area contributed by atoms with E-state index in [0.717, 1.165) is 6.42 Å². The summed E-state index contributed by atoms with van der Waals surface area (Å²) >= 11 is 6.20. The van der Waals surface area contributed by atoms with E-state index in [4.69, 9.17) is 12.2 Å². The van der Waals surface area contributed by atoms with Gasteiger partial charge in [0.1, 0.15) is 6.04 Å². The molecule has 3 N–H and O–H groups in total. The highest BCUT2D eigenvalue weighted by Gasteiger charge is 2.12. The van der Waals surface area contributed by atoms with Crippen LogP contribution in [0.4, 0.5) is 5.13 Å². The molecule has 0 saturated carbocycles. The van der Waals surface area contributed by atoms with Crippen molar-refractivity contribution in [1.29, 1.82) is 0 Å². The summed E-state index contributed by atoms with van der Waals surface area (Å²) in [6, 6.07) is -0.300. The Morgan fingerprint density at radius 2 is 2.47 bits per heavy atom. The Morgan fingerprint density at radius 1 is 1.73 bits per heavy atom. The first-order chi connectivity index (χ1) is 7.13. The Bertz CT molecular complexity index is 373. The second-order valence-electron chi connectivity index (χ2n) is 3.08. The lowest BCUT2D eigenvalue weighted by molar-refractivity contribution is -0.121. The number of anilines is 1. The first kappa shape index (κ1) is 12.1. The summed E-state index contributed by atoms with van der Waals surface area (Å²) in [5.74, 6) is -0.0297. The van der Waals surface area contributed by atoms with Crippen molar-refractivity contribution >= 4 is 34.6 Å². The molecule has 0 spiro atoms. The molecule has 0 radical (unpaired) electrons. The van der Waals surface area contributed by atoms with Crippen molar-refractivity contribution in [1.82, 2.24) is 15.5 Å². The molecule has 7 heteroatoms. The quantitative estimate of drug-likeness (QED) is 0.689. The number of nitrogens with one attached hydrogen (secondary N) is 3. The van der Waals surface area contributed by atoms with Crippen LogP contribution in [-0.4, -0.2) is 28.7 Å². The lowest BCUT2D eigenvalue weighted by Crippen LogP contribution is -2.37. The molecule has 1 aromatic heterocycles. The fraction of sp³-hybridized carbons (Fsp3) is 0.625. The van der Waals surface area contributed by atoms with Gasteiger partial charge in [-0.3, -0.25) is 9.89 Å². The molecule has 1 rings (SSSR count). The van der Waals surface area contributed by atoms with Gasteiger partial charge in [0.15, 0.2) is 3.95 Å². The van der Waals surface area contributed by atoms with Crippen LogP contribution in [0.1, 0.15) is 20.3 Å². The summed E-state index contributed by atoms with van der Waals surface area (Å²) in [5, 5.41) is 13.0. The molecule has 1 unspecified atom stereocenters. The van der Waals surface area contributed by atoms with Gasteiger partial charge in [-0.05, 0) is 25.6 Å². The molecule has 0 aliphatic rings. The Morgan fingerprint density at radius 3 is 3.00 bits per heavy atom. The standard InChI is InChI=1S/C8H14N4OS2/c1-3-4-9-6(13)5(2)10-7-11-12-8(14)15-7/h5H,3-4H2,1-2H3,(H,9,13)(H,10,11)(H,12,14). The molecular formula is C8H14N4OS2. The minimum atomic E-state index is -0.300. The van der Waals surface area contributed by atoms with Crippen LogP contribution in [0.3, 0.4) is 0 Å². The molecule has 1 aromatic rings. The summed E-state index contributed by atoms with van der Waals surface area (Å²) in [4.78, 5) is 11.5. The number of amides is 1. The smallest absolute Gasteiger partial charge is 0.242 e. The van der Waals surface area contributed by atoms with Gasteiger partial charge in [0.25, 0.3) is 0 Å². The van der Waals surface area contributed by atoms with E-state index in [2.05, 4.69) is 20.8 Å². The Hall–Kier alpha value is -0.950. The van der Waals surface area contributed by atoms with Gasteiger partial charge in [-0.15, -0.1) is 5.10 Å². The van der Waals surface area contributed by atoms with E-state index >= 15 is 0 Å². The Kier molecular flexibility index (Phi) is 4.70. The normalized spacial score (nSPS) is 12.1. The van der Waals surface area contributed by atoms with Gasteiger partial charge in [0.05, 0.1) is 0 Å². The highest BCUT2D eigenvalue weighted by molar-refractivity contribution is 7.73. The molecule has 15 heavy (non-hydrogen) atoms. The van der Waals surface area contributed by atoms with E-state index in [1.165, 1.54) is 11.3 Å². The van der Waals surface area contributed by atoms with Gasteiger partial charge in [0.2, 0.25) is 11.0 Å². The monoisotopic (exact) mass is 246 g/mol. The average Bonchev–Trinajstić information content (AvgIpc) is 2.60. The van der Waals surface area contributed by atoms with Crippen LogP contribution in [0.2, 0.25) is 0 Å². The maximum atomic E-state index is 11.5. The molecule has 0 aromatic carbocycles. The van der Waals surface area contributed by atoms with Crippen molar-refractivity contribution in [2.45, 2.75) is 26.3 Å². The van der Waals surface area contributed by atoms with E-state index in [-0.39, 0.29) is 11.9 Å². The van der Waals surface area contributed by atoms with Crippen LogP contribution in [0.15, 0.2) is 0 Å². The van der Waals surface area contributed by atoms with Gasteiger partial charge >= 0.3 is 0 Å². The van der Waals surface area contributed by atoms with Crippen molar-refractivity contribution in [2.75, 3.05) is 11.9 Å². The van der Waals surface area contributed by atoms with E-state index < -0.39 is 0 Å². The zero-order valence-corrected chi connectivity index (χ0v) is 10.3. The third-order valence-electron chi connectivity index (χ3n) is 1.72. The van der Waals surface area contributed by atoms with Crippen LogP contribution in [0.25, 0.3) is 0 Å². The van der Waals surface area contributed by atoms with Crippen molar-refractivity contribution in [2.24, 2.45) is 0 Å². The van der Waals surface area contributed by atoms with E-state index in [9.17, 15) is 4.79 Å². The number of H-pyrrole nitrogens is 1. The highest BCUT2D eigenvalue weighted by Crippen LogP contribution is 2.11. The van der Waals surface area contributed by atoms with Crippen LogP contribution < -0.4 is 10.6 Å². The summed E-state index contributed by atoms with van der Waals surface area (Å²) in [6.07, 6.45) is 0.930. The van der Waals surface area contributed by atoms with E-state index in [1.807, 2.05) is 6.92 Å². The fourth-order valence-corrected chi connectivity index (χ4v) is 1.82. The maximum Gasteiger partial charge on any atom is 0.242 e. The number of hydrogen-bond acceptors (Lipinski definition) is 5. The average molecular weight is 246 g/mol. The lowest BCUT2D eigenvalue weighted by Gasteiger charge is -2.11. The summed E-state index contributed by atoms with van der Waals surface area (Å²) in [5.41, 5.74) is 0. The number of aromatic nitrogens is 2. The molecule has 0 aliphatic heterocycles. The Balaban J connectivity index is 2.44. The summed E-state index contributed by atoms with van der Waals surface area (Å²) in [7, 11) is 0. The van der Waals surface area contributed by atoms with Gasteiger partial charge in [-0.25, -0.2) is 0 Å². The number of carbonyl (C=O) groups excluding carboxylic acids is 1. The third kappa shape index (κ3) is 3.96. The van der Waals surface area contributed by atoms with Gasteiger partial charge in [-0.2, -0.15) is 0 Å². The SMILES string of the molecule is CCCNC(=O)C(C)Nc1n[nH]c(=S)s1. The number of hydrogen-bond donors (Lipinski definition) is 3. The predicted octanol–water partition coefficient (Wildman–Crippen LogP) is 1.53. The van der Waals surface area contributed by atoms with Crippen molar-refractivity contribution in [3.63, 3.8) is 0 Å². The highest BCUT2D eigenvalue weighted by atomic mass is 32.1. The van der Waals surface area contributed by atoms with E-state index in [0.29, 0.717) is 15.6 Å². The second kappa shape index (κ2) is 5.82. The minimum Gasteiger partial charge on any atom is -0.354 e. The molecule has 84 valence electrons. The fourth-order valence-electron chi connectivity index (χ4n) is 0.944. The number of rotatable bonds is 5. The van der Waals surface area contributed by atoms with E-state index in [1.54, 1.807) is 6.92 Å². The van der Waals surface area contributed by atoms with Gasteiger partial charge in [-0.1, -0.05) is 18.3 Å². The van der Waals surface area contributed by atoms with Crippen molar-refractivity contribution < 1.29 is 4.79 Å². The van der Waals surface area contributed by atoms with Crippen LogP contribution in [0.5, 0.6) is 0 Å². The third-order valence-corrected chi connectivity index (χ3v) is 2.74. The number of nitrogens with zero attached hydrogens (tertiary/aromatic N) is 1. The van der Waals surface area contributed by atoms with Crippen molar-refractivity contribution in [3.05, 3.63) is 3.95 Å². The van der Waals surface area contributed by atoms with Crippen LogP contribution in [-0.2, 0) is 4.79 Å². The molecule has 0 saturated heterocycles. The predicted molar refractivity (Wildman–Crippen MR) is 63.7 cm³/mol. The second-order valence-corrected chi connectivity index (χ2v) is 4.74. The molecule has 1 heterocycles. The van der Waals surface area contributed by atoms with Crippen LogP contribution >= 0.6 is 23.6 Å². The zero-order chi connectivity index (χ0) is 11.3. The molecule has 0 aliphatic carbocycles. The molecule has 1 amide bonds. The minimum absolute atomic E-state index is 0.0297. The molecular weight excluding hydrogens is 232 g/mol. The van der Waals surface area contributed by atoms with Crippen LogP contribution in [0, 0.1) is 3.95 Å². The zero-order valence-electron chi connectivity index (χ0n) is 8.66. The van der Waals surface area contributed by atoms with Gasteiger partial charge in [0, 0.05) is 6.54 Å². The van der Waals surface area contributed by atoms with Crippen molar-refractivity contribution in [3.8, 4) is 0 Å². The van der Waals surface area contributed by atoms with Gasteiger partial charge < -0.3 is 10.6 Å². The lowest BCUT2D eigenvalue weighted by atomic mass is 10.3. The molecule has 0 bridgehead atoms. The largest absolute Gasteiger partial charge is 0.354 e. The first-order valence-electron chi connectivity index (χ1n) is 4.73. The topological polar surface area (TPSA) is 69.8 Å². The summed E-state index contributed by atoms with van der Waals surface area (Å²) < 4.78 is 0.596. The molecule has 5 nitrogen and oxygen atoms in total. The number of aromatic amines is 1. The molecule has 1 atom stereocenters. The maximum absolute atomic E-state index is 11.5. The Labute approximate surface area is 97.3 Å². The summed E-state index contributed by atoms with van der Waals surface area (Å²) in [6.45, 7) is 4.49. The number of carbonyl (C=O) groups is 1. The molecule has 0 fully saturated rings. The first-order valence-corrected chi connectivity index (χ1v) is 5.95.